The summed E-state index contributed by atoms with van der Waals surface area (Å²) in [5.74, 6) is 0.770. The van der Waals surface area contributed by atoms with Gasteiger partial charge in [-0.05, 0) is 37.8 Å². The number of nitrogens with zero attached hydrogens (tertiary/aromatic N) is 2. The number of thioether (sulfide) groups is 1. The van der Waals surface area contributed by atoms with E-state index in [1.807, 2.05) is 25.1 Å². The van der Waals surface area contributed by atoms with Gasteiger partial charge in [0.05, 0.1) is 11.1 Å². The third kappa shape index (κ3) is 4.53. The minimum Gasteiger partial charge on any atom is -0.383 e. The molecule has 0 atom stereocenters. The molecule has 0 unspecified atom stereocenters. The maximum atomic E-state index is 12.0. The van der Waals surface area contributed by atoms with Crippen molar-refractivity contribution in [2.24, 2.45) is 0 Å². The zero-order chi connectivity index (χ0) is 18.5. The fourth-order valence-electron chi connectivity index (χ4n) is 2.67. The van der Waals surface area contributed by atoms with Gasteiger partial charge in [-0.25, -0.2) is 9.97 Å². The molecule has 2 aromatic heterocycles. The van der Waals surface area contributed by atoms with Crippen LogP contribution in [0.5, 0.6) is 0 Å². The number of hydrogen-bond acceptors (Lipinski definition) is 6. The molecule has 0 aliphatic rings. The Labute approximate surface area is 161 Å². The number of nitrogen functional groups attached to an aromatic ring is 1. The summed E-state index contributed by atoms with van der Waals surface area (Å²) >= 11 is 2.93. The van der Waals surface area contributed by atoms with E-state index in [0.29, 0.717) is 23.3 Å². The summed E-state index contributed by atoms with van der Waals surface area (Å²) < 4.78 is 0. The third-order valence-electron chi connectivity index (χ3n) is 4.18. The Morgan fingerprint density at radius 2 is 2.00 bits per heavy atom. The van der Waals surface area contributed by atoms with Crippen LogP contribution in [0.4, 0.5) is 5.82 Å². The molecule has 0 aliphatic heterocycles. The van der Waals surface area contributed by atoms with Crippen molar-refractivity contribution >= 4 is 45.0 Å². The zero-order valence-electron chi connectivity index (χ0n) is 14.9. The average Bonchev–Trinajstić information content (AvgIpc) is 2.92. The molecular weight excluding hydrogens is 364 g/mol. The molecule has 0 saturated carbocycles. The predicted molar refractivity (Wildman–Crippen MR) is 110 cm³/mol. The molecule has 0 aliphatic carbocycles. The Morgan fingerprint density at radius 3 is 2.77 bits per heavy atom. The second kappa shape index (κ2) is 8.51. The lowest BCUT2D eigenvalue weighted by atomic mass is 10.1. The van der Waals surface area contributed by atoms with Crippen LogP contribution in [0, 0.1) is 13.8 Å². The summed E-state index contributed by atoms with van der Waals surface area (Å²) in [6, 6.07) is 10.3. The second-order valence-corrected chi connectivity index (χ2v) is 8.23. The Morgan fingerprint density at radius 1 is 1.23 bits per heavy atom. The Bertz CT molecular complexity index is 909. The molecule has 26 heavy (non-hydrogen) atoms. The van der Waals surface area contributed by atoms with Crippen LogP contribution in [0.3, 0.4) is 0 Å². The lowest BCUT2D eigenvalue weighted by Crippen LogP contribution is -2.26. The second-order valence-electron chi connectivity index (χ2n) is 6.08. The van der Waals surface area contributed by atoms with Crippen LogP contribution in [-0.2, 0) is 11.2 Å². The lowest BCUT2D eigenvalue weighted by molar-refractivity contribution is -0.118. The number of rotatable bonds is 7. The van der Waals surface area contributed by atoms with Crippen LogP contribution < -0.4 is 11.1 Å². The average molecular weight is 387 g/mol. The van der Waals surface area contributed by atoms with Gasteiger partial charge < -0.3 is 11.1 Å². The lowest BCUT2D eigenvalue weighted by Gasteiger charge is -2.06. The minimum atomic E-state index is -0.0103. The Hall–Kier alpha value is -2.12. The highest BCUT2D eigenvalue weighted by atomic mass is 32.2. The molecule has 0 fully saturated rings. The predicted octanol–water partition coefficient (Wildman–Crippen LogP) is 3.73. The van der Waals surface area contributed by atoms with Crippen LogP contribution in [0.15, 0.2) is 35.5 Å². The normalized spacial score (nSPS) is 11.0. The molecule has 3 N–H and O–H groups in total. The number of nitrogens with two attached hydrogens (primary N) is 1. The van der Waals surface area contributed by atoms with E-state index in [1.165, 1.54) is 22.2 Å². The van der Waals surface area contributed by atoms with E-state index in [2.05, 4.69) is 34.3 Å². The van der Waals surface area contributed by atoms with E-state index in [0.717, 1.165) is 28.6 Å². The highest BCUT2D eigenvalue weighted by Crippen LogP contribution is 2.33. The fraction of sp³-hybridized carbons (Fsp3) is 0.316. The topological polar surface area (TPSA) is 80.9 Å². The largest absolute Gasteiger partial charge is 0.383 e. The fourth-order valence-corrected chi connectivity index (χ4v) is 4.45. The number of anilines is 1. The van der Waals surface area contributed by atoms with Crippen LogP contribution in [0.1, 0.15) is 22.4 Å². The van der Waals surface area contributed by atoms with Gasteiger partial charge >= 0.3 is 0 Å². The Kier molecular flexibility index (Phi) is 6.11. The molecule has 5 nitrogen and oxygen atoms in total. The number of thiophene rings is 1. The summed E-state index contributed by atoms with van der Waals surface area (Å²) in [7, 11) is 0. The van der Waals surface area contributed by atoms with Crippen LogP contribution in [-0.4, -0.2) is 28.2 Å². The van der Waals surface area contributed by atoms with Gasteiger partial charge in [-0.2, -0.15) is 0 Å². The number of benzene rings is 1. The first-order chi connectivity index (χ1) is 12.5. The Balaban J connectivity index is 1.48. The number of aromatic nitrogens is 2. The maximum Gasteiger partial charge on any atom is 0.230 e. The van der Waals surface area contributed by atoms with Gasteiger partial charge in [-0.1, -0.05) is 42.1 Å². The molecule has 1 amide bonds. The first kappa shape index (κ1) is 18.7. The first-order valence-electron chi connectivity index (χ1n) is 8.51. The van der Waals surface area contributed by atoms with Crippen molar-refractivity contribution in [2.45, 2.75) is 31.8 Å². The van der Waals surface area contributed by atoms with E-state index in [4.69, 9.17) is 5.73 Å². The monoisotopic (exact) mass is 386 g/mol. The summed E-state index contributed by atoms with van der Waals surface area (Å²) in [5, 5.41) is 4.43. The number of amides is 1. The smallest absolute Gasteiger partial charge is 0.230 e. The van der Waals surface area contributed by atoms with E-state index < -0.39 is 0 Å². The van der Waals surface area contributed by atoms with Crippen molar-refractivity contribution in [3.8, 4) is 0 Å². The number of carbonyl (C=O) groups excluding carboxylic acids is 1. The van der Waals surface area contributed by atoms with Gasteiger partial charge in [-0.15, -0.1) is 11.3 Å². The van der Waals surface area contributed by atoms with Gasteiger partial charge in [0.1, 0.15) is 10.6 Å². The third-order valence-corrected chi connectivity index (χ3v) is 6.12. The van der Waals surface area contributed by atoms with Crippen LogP contribution >= 0.6 is 23.1 Å². The molecular formula is C19H22N4OS2. The molecule has 1 aromatic carbocycles. The molecule has 0 radical (unpaired) electrons. The zero-order valence-corrected chi connectivity index (χ0v) is 16.5. The van der Waals surface area contributed by atoms with Crippen molar-refractivity contribution < 1.29 is 4.79 Å². The molecule has 2 heterocycles. The van der Waals surface area contributed by atoms with E-state index in [1.54, 1.807) is 11.3 Å². The van der Waals surface area contributed by atoms with Gasteiger partial charge in [0.2, 0.25) is 5.91 Å². The van der Waals surface area contributed by atoms with Crippen molar-refractivity contribution in [1.29, 1.82) is 0 Å². The summed E-state index contributed by atoms with van der Waals surface area (Å²) in [6.07, 6.45) is 1.88. The standard InChI is InChI=1S/C19H22N4OS2/c1-12-13(2)26-18-16(12)17(20)22-19(23-18)25-11-15(24)21-10-6-9-14-7-4-3-5-8-14/h3-5,7-8H,6,9-11H2,1-2H3,(H,21,24)(H2,20,22,23). The van der Waals surface area contributed by atoms with E-state index >= 15 is 0 Å². The molecule has 136 valence electrons. The van der Waals surface area contributed by atoms with Crippen molar-refractivity contribution in [3.05, 3.63) is 46.3 Å². The minimum absolute atomic E-state index is 0.0103. The van der Waals surface area contributed by atoms with E-state index in [9.17, 15) is 4.79 Å². The number of fused-ring (bicyclic) bond motifs is 1. The molecule has 0 spiro atoms. The van der Waals surface area contributed by atoms with Gasteiger partial charge in [-0.3, -0.25) is 4.79 Å². The highest BCUT2D eigenvalue weighted by molar-refractivity contribution is 7.99. The van der Waals surface area contributed by atoms with Gasteiger partial charge in [0.25, 0.3) is 0 Å². The summed E-state index contributed by atoms with van der Waals surface area (Å²) in [6.45, 7) is 4.75. The molecule has 3 rings (SSSR count). The van der Waals surface area contributed by atoms with Crippen molar-refractivity contribution in [1.82, 2.24) is 15.3 Å². The van der Waals surface area contributed by atoms with E-state index in [-0.39, 0.29) is 5.91 Å². The van der Waals surface area contributed by atoms with Crippen molar-refractivity contribution in [2.75, 3.05) is 18.0 Å². The van der Waals surface area contributed by atoms with Crippen LogP contribution in [0.25, 0.3) is 10.2 Å². The summed E-state index contributed by atoms with van der Waals surface area (Å²) in [4.78, 5) is 23.0. The van der Waals surface area contributed by atoms with Crippen molar-refractivity contribution in [3.63, 3.8) is 0 Å². The molecule has 7 heteroatoms. The number of carbonyl (C=O) groups is 1. The summed E-state index contributed by atoms with van der Waals surface area (Å²) in [5.41, 5.74) is 8.49. The number of hydrogen-bond donors (Lipinski definition) is 2. The van der Waals surface area contributed by atoms with Gasteiger partial charge in [0, 0.05) is 11.4 Å². The molecule has 0 bridgehead atoms. The number of aryl methyl sites for hydroxylation is 3. The van der Waals surface area contributed by atoms with Crippen LogP contribution in [0.2, 0.25) is 0 Å². The maximum absolute atomic E-state index is 12.0. The molecule has 3 aromatic rings. The quantitative estimate of drug-likeness (QED) is 0.367. The highest BCUT2D eigenvalue weighted by Gasteiger charge is 2.13. The SMILES string of the molecule is Cc1sc2nc(SCC(=O)NCCCc3ccccc3)nc(N)c2c1C. The first-order valence-corrected chi connectivity index (χ1v) is 10.3. The van der Waals surface area contributed by atoms with Gasteiger partial charge in [0.15, 0.2) is 5.16 Å². The number of nitrogens with one attached hydrogen (secondary N) is 1. The molecule has 0 saturated heterocycles.